The molecular formula is C30H39N5O2. The van der Waals surface area contributed by atoms with Crippen LogP contribution in [0, 0.1) is 5.92 Å². The highest BCUT2D eigenvalue weighted by atomic mass is 16.2. The molecule has 5 rings (SSSR count). The minimum absolute atomic E-state index is 0.0328. The zero-order valence-electron chi connectivity index (χ0n) is 22.0. The molecule has 1 aromatic heterocycles. The van der Waals surface area contributed by atoms with Gasteiger partial charge in [-0.25, -0.2) is 9.48 Å². The van der Waals surface area contributed by atoms with Crippen molar-refractivity contribution in [1.82, 2.24) is 24.1 Å². The van der Waals surface area contributed by atoms with Gasteiger partial charge < -0.3 is 4.90 Å². The Kier molecular flexibility index (Phi) is 8.19. The summed E-state index contributed by atoms with van der Waals surface area (Å²) in [6.45, 7) is 7.10. The van der Waals surface area contributed by atoms with Gasteiger partial charge in [0.05, 0.1) is 13.1 Å². The van der Waals surface area contributed by atoms with Crippen molar-refractivity contribution >= 4 is 5.91 Å². The quantitative estimate of drug-likeness (QED) is 0.471. The molecule has 2 saturated heterocycles. The normalized spacial score (nSPS) is 17.8. The molecule has 0 bridgehead atoms. The third-order valence-corrected chi connectivity index (χ3v) is 8.09. The fraction of sp³-hybridized carbons (Fsp3) is 0.500. The maximum atomic E-state index is 13.0. The summed E-state index contributed by atoms with van der Waals surface area (Å²) in [4.78, 5) is 30.4. The van der Waals surface area contributed by atoms with E-state index in [0.29, 0.717) is 25.6 Å². The smallest absolute Gasteiger partial charge is 0.342 e. The lowest BCUT2D eigenvalue weighted by atomic mass is 9.90. The van der Waals surface area contributed by atoms with E-state index in [1.54, 1.807) is 4.68 Å². The Morgan fingerprint density at radius 3 is 2.11 bits per heavy atom. The number of aromatic nitrogens is 3. The molecule has 2 fully saturated rings. The molecule has 196 valence electrons. The number of piperidine rings is 2. The number of nitrogens with zero attached hydrogens (tertiary/aromatic N) is 5. The second kappa shape index (κ2) is 11.9. The van der Waals surface area contributed by atoms with E-state index in [0.717, 1.165) is 69.7 Å². The molecule has 0 spiro atoms. The molecule has 0 unspecified atom stereocenters. The maximum Gasteiger partial charge on any atom is 0.346 e. The Bertz CT molecular complexity index is 1200. The molecule has 0 saturated carbocycles. The Labute approximate surface area is 219 Å². The molecule has 0 aliphatic carbocycles. The summed E-state index contributed by atoms with van der Waals surface area (Å²) >= 11 is 0. The zero-order valence-corrected chi connectivity index (χ0v) is 22.0. The van der Waals surface area contributed by atoms with Crippen LogP contribution in [0.15, 0.2) is 65.5 Å². The number of carbonyl (C=O) groups excluding carboxylic acids is 1. The SMILES string of the molecule is CCn1c(C2CCN(CC(=O)N3CCC(Cc4ccccc4)CC3)CC2)nn(Cc2ccccc2)c1=O. The van der Waals surface area contributed by atoms with Crippen molar-refractivity contribution in [3.63, 3.8) is 0 Å². The summed E-state index contributed by atoms with van der Waals surface area (Å²) in [7, 11) is 0. The van der Waals surface area contributed by atoms with Crippen LogP contribution in [-0.4, -0.2) is 62.8 Å². The predicted molar refractivity (Wildman–Crippen MR) is 146 cm³/mol. The van der Waals surface area contributed by atoms with Gasteiger partial charge in [0.1, 0.15) is 5.82 Å². The van der Waals surface area contributed by atoms with Crippen LogP contribution in [-0.2, 0) is 24.3 Å². The maximum absolute atomic E-state index is 13.0. The third-order valence-electron chi connectivity index (χ3n) is 8.09. The third kappa shape index (κ3) is 6.21. The van der Waals surface area contributed by atoms with E-state index in [9.17, 15) is 9.59 Å². The molecule has 2 aliphatic rings. The molecule has 2 aliphatic heterocycles. The average Bonchev–Trinajstić information content (AvgIpc) is 3.25. The Hall–Kier alpha value is -3.19. The van der Waals surface area contributed by atoms with Crippen molar-refractivity contribution in [2.24, 2.45) is 5.92 Å². The molecule has 0 N–H and O–H groups in total. The molecular weight excluding hydrogens is 462 g/mol. The number of benzene rings is 2. The van der Waals surface area contributed by atoms with Gasteiger partial charge in [0.2, 0.25) is 5.91 Å². The van der Waals surface area contributed by atoms with Gasteiger partial charge in [0.15, 0.2) is 0 Å². The highest BCUT2D eigenvalue weighted by Crippen LogP contribution is 2.27. The lowest BCUT2D eigenvalue weighted by Gasteiger charge is -2.35. The first-order valence-corrected chi connectivity index (χ1v) is 13.9. The van der Waals surface area contributed by atoms with Crippen molar-refractivity contribution in [3.8, 4) is 0 Å². The number of rotatable bonds is 8. The number of amides is 1. The van der Waals surface area contributed by atoms with Crippen LogP contribution in [0.25, 0.3) is 0 Å². The van der Waals surface area contributed by atoms with Gasteiger partial charge in [-0.1, -0.05) is 60.7 Å². The van der Waals surface area contributed by atoms with E-state index in [4.69, 9.17) is 5.10 Å². The standard InChI is InChI=1S/C30H39N5O2/c1-2-34-29(31-35(30(34)37)22-26-11-7-4-8-12-26)27-15-17-32(18-16-27)23-28(36)33-19-13-25(14-20-33)21-24-9-5-3-6-10-24/h3-12,25,27H,2,13-23H2,1H3. The highest BCUT2D eigenvalue weighted by Gasteiger charge is 2.29. The summed E-state index contributed by atoms with van der Waals surface area (Å²) < 4.78 is 3.43. The molecule has 2 aromatic carbocycles. The van der Waals surface area contributed by atoms with Crippen molar-refractivity contribution < 1.29 is 4.79 Å². The Balaban J connectivity index is 1.11. The topological polar surface area (TPSA) is 63.4 Å². The van der Waals surface area contributed by atoms with Crippen LogP contribution in [0.1, 0.15) is 55.5 Å². The van der Waals surface area contributed by atoms with Crippen LogP contribution >= 0.6 is 0 Å². The van der Waals surface area contributed by atoms with Crippen molar-refractivity contribution in [3.05, 3.63) is 88.1 Å². The molecule has 7 heteroatoms. The summed E-state index contributed by atoms with van der Waals surface area (Å²) in [5.74, 6) is 2.08. The van der Waals surface area contributed by atoms with E-state index in [-0.39, 0.29) is 17.5 Å². The number of hydrogen-bond acceptors (Lipinski definition) is 4. The minimum Gasteiger partial charge on any atom is -0.342 e. The van der Waals surface area contributed by atoms with Crippen LogP contribution < -0.4 is 5.69 Å². The van der Waals surface area contributed by atoms with Crippen molar-refractivity contribution in [2.45, 2.75) is 58.0 Å². The first-order chi connectivity index (χ1) is 18.1. The van der Waals surface area contributed by atoms with Crippen LogP contribution in [0.4, 0.5) is 0 Å². The fourth-order valence-corrected chi connectivity index (χ4v) is 5.89. The molecule has 0 atom stereocenters. The van der Waals surface area contributed by atoms with Crippen molar-refractivity contribution in [1.29, 1.82) is 0 Å². The first kappa shape index (κ1) is 25.5. The van der Waals surface area contributed by atoms with E-state index < -0.39 is 0 Å². The zero-order chi connectivity index (χ0) is 25.6. The fourth-order valence-electron chi connectivity index (χ4n) is 5.89. The molecule has 3 aromatic rings. The second-order valence-electron chi connectivity index (χ2n) is 10.6. The van der Waals surface area contributed by atoms with Gasteiger partial charge in [0, 0.05) is 25.6 Å². The van der Waals surface area contributed by atoms with Gasteiger partial charge in [-0.2, -0.15) is 5.10 Å². The molecule has 3 heterocycles. The summed E-state index contributed by atoms with van der Waals surface area (Å²) in [6.07, 6.45) is 5.13. The number of likely N-dealkylation sites (tertiary alicyclic amines) is 2. The van der Waals surface area contributed by atoms with E-state index in [2.05, 4.69) is 40.1 Å². The van der Waals surface area contributed by atoms with E-state index in [1.165, 1.54) is 5.56 Å². The Morgan fingerprint density at radius 2 is 1.49 bits per heavy atom. The predicted octanol–water partition coefficient (Wildman–Crippen LogP) is 3.77. The van der Waals surface area contributed by atoms with E-state index >= 15 is 0 Å². The van der Waals surface area contributed by atoms with Gasteiger partial charge in [-0.05, 0) is 69.2 Å². The van der Waals surface area contributed by atoms with E-state index in [1.807, 2.05) is 41.8 Å². The monoisotopic (exact) mass is 501 g/mol. The van der Waals surface area contributed by atoms with Crippen LogP contribution in [0.2, 0.25) is 0 Å². The summed E-state index contributed by atoms with van der Waals surface area (Å²) in [5, 5.41) is 4.77. The number of carbonyl (C=O) groups is 1. The first-order valence-electron chi connectivity index (χ1n) is 13.9. The molecule has 1 amide bonds. The lowest BCUT2D eigenvalue weighted by molar-refractivity contribution is -0.134. The van der Waals surface area contributed by atoms with Gasteiger partial charge in [-0.15, -0.1) is 0 Å². The average molecular weight is 502 g/mol. The highest BCUT2D eigenvalue weighted by molar-refractivity contribution is 5.78. The number of hydrogen-bond donors (Lipinski definition) is 0. The van der Waals surface area contributed by atoms with Crippen LogP contribution in [0.3, 0.4) is 0 Å². The summed E-state index contributed by atoms with van der Waals surface area (Å²) in [5.41, 5.74) is 2.44. The van der Waals surface area contributed by atoms with Gasteiger partial charge >= 0.3 is 5.69 Å². The molecule has 7 nitrogen and oxygen atoms in total. The molecule has 0 radical (unpaired) electrons. The largest absolute Gasteiger partial charge is 0.346 e. The molecule has 37 heavy (non-hydrogen) atoms. The second-order valence-corrected chi connectivity index (χ2v) is 10.6. The van der Waals surface area contributed by atoms with Crippen molar-refractivity contribution in [2.75, 3.05) is 32.7 Å². The summed E-state index contributed by atoms with van der Waals surface area (Å²) in [6, 6.07) is 20.7. The van der Waals surface area contributed by atoms with Gasteiger partial charge in [-0.3, -0.25) is 14.3 Å². The Morgan fingerprint density at radius 1 is 0.865 bits per heavy atom. The lowest BCUT2D eigenvalue weighted by Crippen LogP contribution is -2.46. The minimum atomic E-state index is -0.0328. The van der Waals surface area contributed by atoms with Crippen LogP contribution in [0.5, 0.6) is 0 Å². The van der Waals surface area contributed by atoms with Gasteiger partial charge in [0.25, 0.3) is 0 Å².